The van der Waals surface area contributed by atoms with E-state index in [-0.39, 0.29) is 5.91 Å². The highest BCUT2D eigenvalue weighted by Crippen LogP contribution is 2.25. The Balaban J connectivity index is 1.73. The molecule has 0 aliphatic carbocycles. The summed E-state index contributed by atoms with van der Waals surface area (Å²) in [6.07, 6.45) is 0. The number of aryl methyl sites for hydroxylation is 2. The Morgan fingerprint density at radius 3 is 2.83 bits per heavy atom. The van der Waals surface area contributed by atoms with Crippen molar-refractivity contribution in [3.8, 4) is 0 Å². The third-order valence-electron chi connectivity index (χ3n) is 4.01. The summed E-state index contributed by atoms with van der Waals surface area (Å²) in [4.78, 5) is 19.0. The lowest BCUT2D eigenvalue weighted by atomic mass is 10.1. The first kappa shape index (κ1) is 17.1. The highest BCUT2D eigenvalue weighted by atomic mass is 35.5. The van der Waals surface area contributed by atoms with Crippen molar-refractivity contribution >= 4 is 34.4 Å². The van der Waals surface area contributed by atoms with E-state index in [0.29, 0.717) is 23.7 Å². The maximum absolute atomic E-state index is 12.8. The van der Waals surface area contributed by atoms with Gasteiger partial charge in [0.05, 0.1) is 17.1 Å². The van der Waals surface area contributed by atoms with Crippen molar-refractivity contribution in [3.63, 3.8) is 0 Å². The van der Waals surface area contributed by atoms with Crippen LogP contribution in [-0.2, 0) is 5.75 Å². The smallest absolute Gasteiger partial charge is 0.261 e. The lowest BCUT2D eigenvalue weighted by Crippen LogP contribution is -2.33. The number of hydrogen-bond acceptors (Lipinski definition) is 3. The SMILES string of the molecule is Cc1ccc(C)c(CSC2=NCCN2C(=O)c2ccccc2Cl)c1. The van der Waals surface area contributed by atoms with Crippen molar-refractivity contribution < 1.29 is 4.79 Å². The van der Waals surface area contributed by atoms with E-state index >= 15 is 0 Å². The summed E-state index contributed by atoms with van der Waals surface area (Å²) in [6.45, 7) is 5.46. The first-order chi connectivity index (χ1) is 11.6. The maximum atomic E-state index is 12.8. The summed E-state index contributed by atoms with van der Waals surface area (Å²) in [6, 6.07) is 13.6. The minimum Gasteiger partial charge on any atom is -0.286 e. The Hall–Kier alpha value is -1.78. The molecule has 5 heteroatoms. The van der Waals surface area contributed by atoms with Gasteiger partial charge in [-0.2, -0.15) is 0 Å². The normalized spacial score (nSPS) is 14.0. The fourth-order valence-corrected chi connectivity index (χ4v) is 3.94. The molecule has 1 amide bonds. The molecule has 0 saturated heterocycles. The van der Waals surface area contributed by atoms with E-state index in [0.717, 1.165) is 10.9 Å². The molecule has 24 heavy (non-hydrogen) atoms. The van der Waals surface area contributed by atoms with E-state index < -0.39 is 0 Å². The summed E-state index contributed by atoms with van der Waals surface area (Å²) in [5, 5.41) is 1.26. The van der Waals surface area contributed by atoms with Gasteiger partial charge in [-0.05, 0) is 37.1 Å². The highest BCUT2D eigenvalue weighted by Gasteiger charge is 2.26. The van der Waals surface area contributed by atoms with Gasteiger partial charge >= 0.3 is 0 Å². The van der Waals surface area contributed by atoms with Crippen LogP contribution in [0.5, 0.6) is 0 Å². The Morgan fingerprint density at radius 1 is 1.25 bits per heavy atom. The molecule has 2 aromatic carbocycles. The number of benzene rings is 2. The first-order valence-corrected chi connectivity index (χ1v) is 9.22. The molecule has 0 N–H and O–H groups in total. The lowest BCUT2D eigenvalue weighted by molar-refractivity contribution is 0.0861. The van der Waals surface area contributed by atoms with Gasteiger partial charge in [-0.1, -0.05) is 59.3 Å². The molecule has 0 spiro atoms. The van der Waals surface area contributed by atoms with Crippen molar-refractivity contribution in [1.82, 2.24) is 4.90 Å². The second-order valence-corrected chi connectivity index (χ2v) is 7.17. The molecule has 0 radical (unpaired) electrons. The first-order valence-electron chi connectivity index (χ1n) is 7.86. The molecule has 1 aliphatic rings. The predicted octanol–water partition coefficient (Wildman–Crippen LogP) is 4.70. The number of thioether (sulfide) groups is 1. The summed E-state index contributed by atoms with van der Waals surface area (Å²) in [5.41, 5.74) is 4.31. The molecule has 124 valence electrons. The fourth-order valence-electron chi connectivity index (χ4n) is 2.62. The number of amidine groups is 1. The zero-order valence-electron chi connectivity index (χ0n) is 13.8. The van der Waals surface area contributed by atoms with E-state index in [2.05, 4.69) is 37.0 Å². The quantitative estimate of drug-likeness (QED) is 0.796. The fraction of sp³-hybridized carbons (Fsp3) is 0.263. The van der Waals surface area contributed by atoms with Gasteiger partial charge in [-0.15, -0.1) is 0 Å². The second-order valence-electron chi connectivity index (χ2n) is 5.82. The number of rotatable bonds is 3. The van der Waals surface area contributed by atoms with Crippen LogP contribution in [0.1, 0.15) is 27.0 Å². The van der Waals surface area contributed by atoms with Gasteiger partial charge in [0.2, 0.25) is 0 Å². The molecule has 0 fully saturated rings. The molecule has 1 heterocycles. The molecule has 0 saturated carbocycles. The Morgan fingerprint density at radius 2 is 2.04 bits per heavy atom. The van der Waals surface area contributed by atoms with Gasteiger partial charge in [0, 0.05) is 12.3 Å². The largest absolute Gasteiger partial charge is 0.286 e. The molecule has 3 nitrogen and oxygen atoms in total. The number of carbonyl (C=O) groups is 1. The van der Waals surface area contributed by atoms with Gasteiger partial charge in [0.15, 0.2) is 5.17 Å². The van der Waals surface area contributed by atoms with Gasteiger partial charge in [0.1, 0.15) is 0 Å². The minimum absolute atomic E-state index is 0.0784. The highest BCUT2D eigenvalue weighted by molar-refractivity contribution is 8.13. The lowest BCUT2D eigenvalue weighted by Gasteiger charge is -2.19. The van der Waals surface area contributed by atoms with Crippen molar-refractivity contribution in [1.29, 1.82) is 0 Å². The number of amides is 1. The number of aliphatic imine (C=N–C) groups is 1. The second kappa shape index (κ2) is 7.41. The third-order valence-corrected chi connectivity index (χ3v) is 5.41. The molecule has 0 aromatic heterocycles. The van der Waals surface area contributed by atoms with Gasteiger partial charge in [0.25, 0.3) is 5.91 Å². The van der Waals surface area contributed by atoms with Crippen molar-refractivity contribution in [3.05, 3.63) is 69.7 Å². The van der Waals surface area contributed by atoms with Gasteiger partial charge in [-0.3, -0.25) is 14.7 Å². The van der Waals surface area contributed by atoms with Crippen LogP contribution in [0, 0.1) is 13.8 Å². The number of halogens is 1. The van der Waals surface area contributed by atoms with Crippen molar-refractivity contribution in [2.24, 2.45) is 4.99 Å². The van der Waals surface area contributed by atoms with Crippen LogP contribution >= 0.6 is 23.4 Å². The Labute approximate surface area is 151 Å². The minimum atomic E-state index is -0.0784. The topological polar surface area (TPSA) is 32.7 Å². The van der Waals surface area contributed by atoms with Crippen LogP contribution in [-0.4, -0.2) is 29.1 Å². The average molecular weight is 359 g/mol. The van der Waals surface area contributed by atoms with E-state index in [1.54, 1.807) is 28.8 Å². The average Bonchev–Trinajstić information content (AvgIpc) is 3.04. The molecule has 2 aromatic rings. The maximum Gasteiger partial charge on any atom is 0.261 e. The van der Waals surface area contributed by atoms with Crippen molar-refractivity contribution in [2.45, 2.75) is 19.6 Å². The summed E-state index contributed by atoms with van der Waals surface area (Å²) < 4.78 is 0. The van der Waals surface area contributed by atoms with Gasteiger partial charge < -0.3 is 0 Å². The van der Waals surface area contributed by atoms with Gasteiger partial charge in [-0.25, -0.2) is 0 Å². The third kappa shape index (κ3) is 3.65. The van der Waals surface area contributed by atoms with Crippen LogP contribution in [0.25, 0.3) is 0 Å². The molecular formula is C19H19ClN2OS. The number of nitrogens with zero attached hydrogens (tertiary/aromatic N) is 2. The summed E-state index contributed by atoms with van der Waals surface area (Å²) in [7, 11) is 0. The van der Waals surface area contributed by atoms with Crippen LogP contribution < -0.4 is 0 Å². The van der Waals surface area contributed by atoms with Crippen molar-refractivity contribution in [2.75, 3.05) is 13.1 Å². The van der Waals surface area contributed by atoms with E-state index in [4.69, 9.17) is 11.6 Å². The molecule has 0 bridgehead atoms. The van der Waals surface area contributed by atoms with E-state index in [9.17, 15) is 4.79 Å². The Bertz CT molecular complexity index is 804. The van der Waals surface area contributed by atoms with Crippen LogP contribution in [0.15, 0.2) is 47.5 Å². The molecule has 1 aliphatic heterocycles. The van der Waals surface area contributed by atoms with Crippen LogP contribution in [0.4, 0.5) is 0 Å². The number of carbonyl (C=O) groups excluding carboxylic acids is 1. The predicted molar refractivity (Wildman–Crippen MR) is 102 cm³/mol. The number of hydrogen-bond donors (Lipinski definition) is 0. The van der Waals surface area contributed by atoms with Crippen LogP contribution in [0.2, 0.25) is 5.02 Å². The van der Waals surface area contributed by atoms with E-state index in [1.807, 2.05) is 12.1 Å². The summed E-state index contributed by atoms with van der Waals surface area (Å²) in [5.74, 6) is 0.726. The molecule has 0 unspecified atom stereocenters. The Kier molecular flexibility index (Phi) is 5.27. The van der Waals surface area contributed by atoms with Crippen LogP contribution in [0.3, 0.4) is 0 Å². The zero-order chi connectivity index (χ0) is 17.1. The molecule has 0 atom stereocenters. The monoisotopic (exact) mass is 358 g/mol. The molecule has 3 rings (SSSR count). The zero-order valence-corrected chi connectivity index (χ0v) is 15.3. The standard InChI is InChI=1S/C19H19ClN2OS/c1-13-7-8-14(2)15(11-13)12-24-19-21-9-10-22(19)18(23)16-5-3-4-6-17(16)20/h3-8,11H,9-10,12H2,1-2H3. The van der Waals surface area contributed by atoms with E-state index in [1.165, 1.54) is 16.7 Å². The molecular weight excluding hydrogens is 340 g/mol. The summed E-state index contributed by atoms with van der Waals surface area (Å²) >= 11 is 7.77.